The number of anilines is 1. The maximum Gasteiger partial charge on any atom is 0.0403 e. The molecule has 0 aliphatic heterocycles. The van der Waals surface area contributed by atoms with Gasteiger partial charge in [0.05, 0.1) is 0 Å². The van der Waals surface area contributed by atoms with Crippen LogP contribution in [-0.2, 0) is 12.8 Å². The van der Waals surface area contributed by atoms with Crippen molar-refractivity contribution < 1.29 is 0 Å². The van der Waals surface area contributed by atoms with E-state index < -0.39 is 0 Å². The number of nitrogens with zero attached hydrogens (tertiary/aromatic N) is 1. The lowest BCUT2D eigenvalue weighted by Crippen LogP contribution is -2.27. The molecule has 1 aliphatic carbocycles. The van der Waals surface area contributed by atoms with E-state index in [4.69, 9.17) is 0 Å². The van der Waals surface area contributed by atoms with Gasteiger partial charge in [-0.3, -0.25) is 4.98 Å². The highest BCUT2D eigenvalue weighted by Gasteiger charge is 2.18. The minimum atomic E-state index is 0.543. The van der Waals surface area contributed by atoms with Crippen LogP contribution in [0.1, 0.15) is 23.1 Å². The van der Waals surface area contributed by atoms with E-state index >= 15 is 0 Å². The van der Waals surface area contributed by atoms with E-state index in [0.29, 0.717) is 6.04 Å². The average Bonchev–Trinajstić information content (AvgIpc) is 2.41. The molecule has 0 spiro atoms. The molecular formula is C16H18N2. The van der Waals surface area contributed by atoms with Crippen LogP contribution in [0.5, 0.6) is 0 Å². The zero-order valence-electron chi connectivity index (χ0n) is 10.7. The summed E-state index contributed by atoms with van der Waals surface area (Å²) in [4.78, 5) is 4.13. The summed E-state index contributed by atoms with van der Waals surface area (Å²) in [5, 5.41) is 3.65. The summed E-state index contributed by atoms with van der Waals surface area (Å²) in [6.07, 6.45) is 7.28. The number of pyridine rings is 1. The van der Waals surface area contributed by atoms with Crippen LogP contribution >= 0.6 is 0 Å². The second-order valence-corrected chi connectivity index (χ2v) is 5.04. The predicted octanol–water partition coefficient (Wildman–Crippen LogP) is 3.36. The lowest BCUT2D eigenvalue weighted by atomic mass is 9.88. The molecule has 0 bridgehead atoms. The Morgan fingerprint density at radius 3 is 2.83 bits per heavy atom. The lowest BCUT2D eigenvalue weighted by molar-refractivity contribution is 0.610. The van der Waals surface area contributed by atoms with Crippen LogP contribution in [0.25, 0.3) is 0 Å². The quantitative estimate of drug-likeness (QED) is 0.867. The fraction of sp³-hybridized carbons (Fsp3) is 0.312. The van der Waals surface area contributed by atoms with Gasteiger partial charge < -0.3 is 5.32 Å². The highest BCUT2D eigenvalue weighted by atomic mass is 14.9. The zero-order valence-corrected chi connectivity index (χ0v) is 10.7. The minimum Gasteiger partial charge on any atom is -0.382 e. The Balaban J connectivity index is 1.75. The van der Waals surface area contributed by atoms with Gasteiger partial charge in [0, 0.05) is 24.1 Å². The van der Waals surface area contributed by atoms with Gasteiger partial charge in [-0.2, -0.15) is 0 Å². The molecule has 2 aromatic rings. The first-order chi connectivity index (χ1) is 8.83. The van der Waals surface area contributed by atoms with Crippen molar-refractivity contribution in [2.45, 2.75) is 32.2 Å². The summed E-state index contributed by atoms with van der Waals surface area (Å²) in [5.74, 6) is 0. The minimum absolute atomic E-state index is 0.543. The molecule has 1 aromatic carbocycles. The summed E-state index contributed by atoms with van der Waals surface area (Å²) >= 11 is 0. The molecule has 1 heterocycles. The number of aromatic nitrogens is 1. The third-order valence-corrected chi connectivity index (χ3v) is 3.73. The monoisotopic (exact) mass is 238 g/mol. The number of rotatable bonds is 2. The van der Waals surface area contributed by atoms with Crippen molar-refractivity contribution in [3.63, 3.8) is 0 Å². The van der Waals surface area contributed by atoms with Crippen molar-refractivity contribution in [3.05, 3.63) is 59.4 Å². The molecule has 0 amide bonds. The molecule has 2 heteroatoms. The molecule has 92 valence electrons. The summed E-state index contributed by atoms with van der Waals surface area (Å²) < 4.78 is 0. The first-order valence-corrected chi connectivity index (χ1v) is 6.57. The van der Waals surface area contributed by atoms with Gasteiger partial charge in [-0.15, -0.1) is 0 Å². The summed E-state index contributed by atoms with van der Waals surface area (Å²) in [6.45, 7) is 2.10. The molecule has 0 saturated heterocycles. The normalized spacial score (nSPS) is 18.2. The van der Waals surface area contributed by atoms with Crippen molar-refractivity contribution in [1.29, 1.82) is 0 Å². The van der Waals surface area contributed by atoms with E-state index in [9.17, 15) is 0 Å². The molecule has 0 radical (unpaired) electrons. The van der Waals surface area contributed by atoms with Crippen LogP contribution in [0.3, 0.4) is 0 Å². The Hall–Kier alpha value is -1.83. The van der Waals surface area contributed by atoms with Crippen LogP contribution in [0.15, 0.2) is 42.7 Å². The van der Waals surface area contributed by atoms with Crippen molar-refractivity contribution in [2.75, 3.05) is 5.32 Å². The number of aryl methyl sites for hydroxylation is 2. The van der Waals surface area contributed by atoms with Crippen LogP contribution < -0.4 is 5.32 Å². The van der Waals surface area contributed by atoms with Crippen molar-refractivity contribution in [3.8, 4) is 0 Å². The Kier molecular flexibility index (Phi) is 3.01. The second kappa shape index (κ2) is 4.81. The van der Waals surface area contributed by atoms with Gasteiger partial charge in [0.1, 0.15) is 0 Å². The molecule has 18 heavy (non-hydrogen) atoms. The number of hydrogen-bond donors (Lipinski definition) is 1. The SMILES string of the molecule is Cc1cnccc1NC1CCc2ccccc2C1. The number of benzene rings is 1. The highest BCUT2D eigenvalue weighted by Crippen LogP contribution is 2.24. The van der Waals surface area contributed by atoms with E-state index in [1.165, 1.54) is 35.2 Å². The van der Waals surface area contributed by atoms with E-state index in [-0.39, 0.29) is 0 Å². The summed E-state index contributed by atoms with van der Waals surface area (Å²) in [5.41, 5.74) is 5.45. The Bertz CT molecular complexity index is 548. The first-order valence-electron chi connectivity index (χ1n) is 6.57. The molecule has 0 saturated carbocycles. The Morgan fingerprint density at radius 2 is 2.00 bits per heavy atom. The maximum absolute atomic E-state index is 4.13. The van der Waals surface area contributed by atoms with Gasteiger partial charge in [-0.05, 0) is 48.9 Å². The number of hydrogen-bond acceptors (Lipinski definition) is 2. The van der Waals surface area contributed by atoms with E-state index in [0.717, 1.165) is 6.42 Å². The first kappa shape index (κ1) is 11.3. The molecule has 1 unspecified atom stereocenters. The highest BCUT2D eigenvalue weighted by molar-refractivity contribution is 5.50. The zero-order chi connectivity index (χ0) is 12.4. The maximum atomic E-state index is 4.13. The smallest absolute Gasteiger partial charge is 0.0403 e. The third kappa shape index (κ3) is 2.23. The molecule has 0 fully saturated rings. The van der Waals surface area contributed by atoms with Crippen LogP contribution in [0.2, 0.25) is 0 Å². The van der Waals surface area contributed by atoms with Gasteiger partial charge in [-0.1, -0.05) is 24.3 Å². The van der Waals surface area contributed by atoms with Crippen molar-refractivity contribution in [1.82, 2.24) is 4.98 Å². The topological polar surface area (TPSA) is 24.9 Å². The average molecular weight is 238 g/mol. The van der Waals surface area contributed by atoms with Crippen molar-refractivity contribution >= 4 is 5.69 Å². The van der Waals surface area contributed by atoms with Gasteiger partial charge in [0.15, 0.2) is 0 Å². The van der Waals surface area contributed by atoms with E-state index in [2.05, 4.69) is 47.6 Å². The summed E-state index contributed by atoms with van der Waals surface area (Å²) in [7, 11) is 0. The standard InChI is InChI=1S/C16H18N2/c1-12-11-17-9-8-16(12)18-15-7-6-13-4-2-3-5-14(13)10-15/h2-5,8-9,11,15H,6-7,10H2,1H3,(H,17,18). The summed E-state index contributed by atoms with van der Waals surface area (Å²) in [6, 6.07) is 11.4. The Labute approximate surface area is 108 Å². The molecule has 3 rings (SSSR count). The Morgan fingerprint density at radius 1 is 1.17 bits per heavy atom. The second-order valence-electron chi connectivity index (χ2n) is 5.04. The van der Waals surface area contributed by atoms with Gasteiger partial charge in [0.2, 0.25) is 0 Å². The fourth-order valence-corrected chi connectivity index (χ4v) is 2.68. The van der Waals surface area contributed by atoms with Gasteiger partial charge in [-0.25, -0.2) is 0 Å². The van der Waals surface area contributed by atoms with Crippen LogP contribution in [0.4, 0.5) is 5.69 Å². The van der Waals surface area contributed by atoms with Crippen molar-refractivity contribution in [2.24, 2.45) is 0 Å². The lowest BCUT2D eigenvalue weighted by Gasteiger charge is -2.26. The molecular weight excluding hydrogens is 220 g/mol. The number of nitrogens with one attached hydrogen (secondary N) is 1. The van der Waals surface area contributed by atoms with Gasteiger partial charge in [0.25, 0.3) is 0 Å². The fourth-order valence-electron chi connectivity index (χ4n) is 2.68. The molecule has 1 atom stereocenters. The molecule has 1 N–H and O–H groups in total. The third-order valence-electron chi connectivity index (χ3n) is 3.73. The molecule has 2 nitrogen and oxygen atoms in total. The molecule has 1 aromatic heterocycles. The molecule has 1 aliphatic rings. The largest absolute Gasteiger partial charge is 0.382 e. The predicted molar refractivity (Wildman–Crippen MR) is 74.9 cm³/mol. The van der Waals surface area contributed by atoms with Crippen LogP contribution in [-0.4, -0.2) is 11.0 Å². The van der Waals surface area contributed by atoms with Crippen LogP contribution in [0, 0.1) is 6.92 Å². The van der Waals surface area contributed by atoms with E-state index in [1.54, 1.807) is 0 Å². The number of fused-ring (bicyclic) bond motifs is 1. The van der Waals surface area contributed by atoms with E-state index in [1.807, 2.05) is 12.4 Å². The van der Waals surface area contributed by atoms with Gasteiger partial charge >= 0.3 is 0 Å².